The predicted molar refractivity (Wildman–Crippen MR) is 123 cm³/mol. The molecule has 2 atom stereocenters. The third-order valence-electron chi connectivity index (χ3n) is 5.54. The average molecular weight is 429 g/mol. The number of benzene rings is 1. The van der Waals surface area contributed by atoms with Gasteiger partial charge in [0.15, 0.2) is 5.96 Å². The summed E-state index contributed by atoms with van der Waals surface area (Å²) in [5, 5.41) is 11.1. The van der Waals surface area contributed by atoms with Gasteiger partial charge in [0.25, 0.3) is 0 Å². The summed E-state index contributed by atoms with van der Waals surface area (Å²) in [6.07, 6.45) is 6.34. The fraction of sp³-hybridized carbons (Fsp3) is 0.565. The number of ether oxygens (including phenoxy) is 2. The van der Waals surface area contributed by atoms with Gasteiger partial charge in [0.2, 0.25) is 0 Å². The van der Waals surface area contributed by atoms with Gasteiger partial charge in [0.05, 0.1) is 18.3 Å². The molecule has 3 rings (SSSR count). The average Bonchev–Trinajstić information content (AvgIpc) is 3.41. The van der Waals surface area contributed by atoms with Crippen LogP contribution < -0.4 is 15.4 Å². The van der Waals surface area contributed by atoms with Crippen molar-refractivity contribution >= 4 is 5.96 Å². The Hall–Kier alpha value is -2.58. The zero-order valence-electron chi connectivity index (χ0n) is 19.4. The minimum absolute atomic E-state index is 0.192. The Morgan fingerprint density at radius 2 is 2.23 bits per heavy atom. The fourth-order valence-electron chi connectivity index (χ4n) is 3.70. The summed E-state index contributed by atoms with van der Waals surface area (Å²) in [5.41, 5.74) is 3.45. The molecule has 170 valence electrons. The molecule has 0 spiro atoms. The summed E-state index contributed by atoms with van der Waals surface area (Å²) in [6.45, 7) is 4.86. The highest BCUT2D eigenvalue weighted by atomic mass is 16.5. The first-order valence-corrected chi connectivity index (χ1v) is 10.9. The van der Waals surface area contributed by atoms with E-state index in [4.69, 9.17) is 9.47 Å². The first kappa shape index (κ1) is 23.1. The van der Waals surface area contributed by atoms with E-state index >= 15 is 0 Å². The van der Waals surface area contributed by atoms with Gasteiger partial charge >= 0.3 is 0 Å². The van der Waals surface area contributed by atoms with E-state index in [1.165, 1.54) is 11.1 Å². The van der Waals surface area contributed by atoms with Crippen LogP contribution in [0.3, 0.4) is 0 Å². The smallest absolute Gasteiger partial charge is 0.191 e. The fourth-order valence-corrected chi connectivity index (χ4v) is 3.70. The predicted octanol–water partition coefficient (Wildman–Crippen LogP) is 2.25. The van der Waals surface area contributed by atoms with Crippen molar-refractivity contribution in [2.75, 3.05) is 40.9 Å². The van der Waals surface area contributed by atoms with Crippen molar-refractivity contribution in [1.29, 1.82) is 0 Å². The molecule has 8 nitrogen and oxygen atoms in total. The number of aryl methyl sites for hydroxylation is 2. The zero-order valence-corrected chi connectivity index (χ0v) is 19.4. The molecule has 2 unspecified atom stereocenters. The number of nitrogens with one attached hydrogen (secondary N) is 2. The van der Waals surface area contributed by atoms with E-state index < -0.39 is 0 Å². The van der Waals surface area contributed by atoms with Gasteiger partial charge in [-0.05, 0) is 45.5 Å². The van der Waals surface area contributed by atoms with Crippen molar-refractivity contribution < 1.29 is 9.47 Å². The number of hydrogen-bond donors (Lipinski definition) is 2. The molecular weight excluding hydrogens is 392 g/mol. The van der Waals surface area contributed by atoms with Crippen LogP contribution in [0.2, 0.25) is 0 Å². The van der Waals surface area contributed by atoms with Gasteiger partial charge in [-0.3, -0.25) is 9.67 Å². The summed E-state index contributed by atoms with van der Waals surface area (Å²) in [5.74, 6) is 1.65. The molecule has 0 saturated carbocycles. The van der Waals surface area contributed by atoms with Crippen LogP contribution in [-0.2, 0) is 18.3 Å². The Balaban J connectivity index is 1.57. The molecule has 2 aromatic rings. The maximum absolute atomic E-state index is 6.12. The standard InChI is InChI=1S/C23H36N6O2/c1-17-8-9-18(22(11-17)31-16-20-7-6-10-30-20)12-25-23(24-2)26-14-21(28(3)4)19-13-27-29(5)15-19/h8-9,11,13,15,20-21H,6-7,10,12,14,16H2,1-5H3,(H2,24,25,26). The number of nitrogens with zero attached hydrogens (tertiary/aromatic N) is 4. The van der Waals surface area contributed by atoms with Crippen LogP contribution in [-0.4, -0.2) is 67.6 Å². The summed E-state index contributed by atoms with van der Waals surface area (Å²) in [6, 6.07) is 6.50. The maximum Gasteiger partial charge on any atom is 0.191 e. The van der Waals surface area contributed by atoms with Gasteiger partial charge in [0, 0.05) is 51.1 Å². The second-order valence-corrected chi connectivity index (χ2v) is 8.29. The number of aliphatic imine (C=N–C) groups is 1. The van der Waals surface area contributed by atoms with Crippen LogP contribution in [0.15, 0.2) is 35.6 Å². The van der Waals surface area contributed by atoms with Crippen molar-refractivity contribution in [3.8, 4) is 5.75 Å². The number of likely N-dealkylation sites (N-methyl/N-ethyl adjacent to an activating group) is 1. The molecule has 1 saturated heterocycles. The van der Waals surface area contributed by atoms with Gasteiger partial charge in [-0.25, -0.2) is 0 Å². The molecule has 1 fully saturated rings. The highest BCUT2D eigenvalue weighted by Gasteiger charge is 2.18. The molecule has 0 bridgehead atoms. The van der Waals surface area contributed by atoms with Gasteiger partial charge in [-0.1, -0.05) is 12.1 Å². The number of rotatable bonds is 9. The summed E-state index contributed by atoms with van der Waals surface area (Å²) < 4.78 is 13.6. The van der Waals surface area contributed by atoms with E-state index in [1.54, 1.807) is 7.05 Å². The zero-order chi connectivity index (χ0) is 22.2. The normalized spacial score (nSPS) is 17.7. The van der Waals surface area contributed by atoms with E-state index in [0.717, 1.165) is 36.7 Å². The molecule has 1 aliphatic heterocycles. The molecule has 2 heterocycles. The monoisotopic (exact) mass is 428 g/mol. The Morgan fingerprint density at radius 1 is 1.39 bits per heavy atom. The van der Waals surface area contributed by atoms with Crippen LogP contribution in [0.4, 0.5) is 0 Å². The first-order valence-electron chi connectivity index (χ1n) is 10.9. The van der Waals surface area contributed by atoms with Crippen molar-refractivity contribution in [2.45, 2.75) is 38.5 Å². The van der Waals surface area contributed by atoms with E-state index in [1.807, 2.05) is 24.1 Å². The van der Waals surface area contributed by atoms with Gasteiger partial charge in [-0.2, -0.15) is 5.10 Å². The number of aromatic nitrogens is 2. The molecule has 2 N–H and O–H groups in total. The van der Waals surface area contributed by atoms with Crippen LogP contribution in [0.25, 0.3) is 0 Å². The SMILES string of the molecule is CN=C(NCc1ccc(C)cc1OCC1CCCO1)NCC(c1cnn(C)c1)N(C)C. The van der Waals surface area contributed by atoms with Crippen molar-refractivity contribution in [1.82, 2.24) is 25.3 Å². The van der Waals surface area contributed by atoms with E-state index in [2.05, 4.69) is 64.8 Å². The van der Waals surface area contributed by atoms with Crippen molar-refractivity contribution in [3.63, 3.8) is 0 Å². The number of guanidine groups is 1. The molecule has 0 radical (unpaired) electrons. The first-order chi connectivity index (χ1) is 15.0. The third-order valence-corrected chi connectivity index (χ3v) is 5.54. The second-order valence-electron chi connectivity index (χ2n) is 8.29. The van der Waals surface area contributed by atoms with E-state index in [0.29, 0.717) is 19.7 Å². The highest BCUT2D eigenvalue weighted by molar-refractivity contribution is 5.79. The van der Waals surface area contributed by atoms with Crippen LogP contribution in [0.1, 0.15) is 35.6 Å². The second kappa shape index (κ2) is 11.2. The van der Waals surface area contributed by atoms with Crippen LogP contribution >= 0.6 is 0 Å². The lowest BCUT2D eigenvalue weighted by Crippen LogP contribution is -2.41. The topological polar surface area (TPSA) is 75.9 Å². The molecular formula is C23H36N6O2. The molecule has 0 aliphatic carbocycles. The quantitative estimate of drug-likeness (QED) is 0.471. The summed E-state index contributed by atoms with van der Waals surface area (Å²) in [7, 11) is 7.86. The maximum atomic E-state index is 6.12. The lowest BCUT2D eigenvalue weighted by Gasteiger charge is -2.24. The molecule has 1 aliphatic rings. The lowest BCUT2D eigenvalue weighted by atomic mass is 10.1. The van der Waals surface area contributed by atoms with Crippen LogP contribution in [0.5, 0.6) is 5.75 Å². The number of hydrogen-bond acceptors (Lipinski definition) is 5. The molecule has 31 heavy (non-hydrogen) atoms. The van der Waals surface area contributed by atoms with Gasteiger partial charge in [0.1, 0.15) is 12.4 Å². The Labute approximate surface area is 185 Å². The molecule has 1 aromatic carbocycles. The molecule has 0 amide bonds. The largest absolute Gasteiger partial charge is 0.491 e. The van der Waals surface area contributed by atoms with Crippen molar-refractivity contribution in [2.24, 2.45) is 12.0 Å². The lowest BCUT2D eigenvalue weighted by molar-refractivity contribution is 0.0676. The Bertz CT molecular complexity index is 858. The molecule has 1 aromatic heterocycles. The van der Waals surface area contributed by atoms with Crippen LogP contribution in [0, 0.1) is 6.92 Å². The highest BCUT2D eigenvalue weighted by Crippen LogP contribution is 2.22. The Kier molecular flexibility index (Phi) is 8.31. The van der Waals surface area contributed by atoms with Gasteiger partial charge < -0.3 is 25.0 Å². The van der Waals surface area contributed by atoms with Gasteiger partial charge in [-0.15, -0.1) is 0 Å². The van der Waals surface area contributed by atoms with E-state index in [9.17, 15) is 0 Å². The van der Waals surface area contributed by atoms with Crippen molar-refractivity contribution in [3.05, 3.63) is 47.3 Å². The summed E-state index contributed by atoms with van der Waals surface area (Å²) in [4.78, 5) is 6.56. The molecule has 8 heteroatoms. The minimum Gasteiger partial charge on any atom is -0.491 e. The van der Waals surface area contributed by atoms with E-state index in [-0.39, 0.29) is 12.1 Å². The third kappa shape index (κ3) is 6.70. The summed E-state index contributed by atoms with van der Waals surface area (Å²) >= 11 is 0. The Morgan fingerprint density at radius 3 is 2.87 bits per heavy atom. The minimum atomic E-state index is 0.192.